The first-order valence-corrected chi connectivity index (χ1v) is 6.98. The number of benzene rings is 1. The zero-order chi connectivity index (χ0) is 14.7. The van der Waals surface area contributed by atoms with Crippen molar-refractivity contribution >= 4 is 17.8 Å². The molecule has 1 aromatic rings. The van der Waals surface area contributed by atoms with Gasteiger partial charge in [0.2, 0.25) is 5.91 Å². The Hall–Kier alpha value is -1.68. The summed E-state index contributed by atoms with van der Waals surface area (Å²) in [5.74, 6) is 0.0545. The van der Waals surface area contributed by atoms with Crippen molar-refractivity contribution in [2.45, 2.75) is 45.4 Å². The summed E-state index contributed by atoms with van der Waals surface area (Å²) in [7, 11) is 1.68. The number of hydrogen-bond acceptors (Lipinski definition) is 3. The molecule has 1 heterocycles. The van der Waals surface area contributed by atoms with Crippen molar-refractivity contribution in [1.82, 2.24) is 0 Å². The number of methoxy groups -OCH3 is 1. The first-order valence-electron chi connectivity index (χ1n) is 6.98. The van der Waals surface area contributed by atoms with Gasteiger partial charge in [-0.25, -0.2) is 0 Å². The zero-order valence-electron chi connectivity index (χ0n) is 12.5. The van der Waals surface area contributed by atoms with Gasteiger partial charge in [-0.05, 0) is 25.5 Å². The molecule has 4 heteroatoms. The van der Waals surface area contributed by atoms with E-state index in [1.807, 2.05) is 43.2 Å². The highest BCUT2D eigenvalue weighted by molar-refractivity contribution is 5.99. The first-order chi connectivity index (χ1) is 9.54. The van der Waals surface area contributed by atoms with Crippen LogP contribution in [0.1, 0.15) is 26.3 Å². The molecule has 1 aliphatic rings. The summed E-state index contributed by atoms with van der Waals surface area (Å²) in [6.45, 7) is 5.61. The minimum Gasteiger partial charge on any atom is -0.380 e. The number of nitrogens with zero attached hydrogens (tertiary/aromatic N) is 2. The summed E-state index contributed by atoms with van der Waals surface area (Å²) >= 11 is 0. The van der Waals surface area contributed by atoms with E-state index in [4.69, 9.17) is 4.74 Å². The first kappa shape index (κ1) is 14.7. The Kier molecular flexibility index (Phi) is 4.55. The van der Waals surface area contributed by atoms with E-state index in [0.29, 0.717) is 0 Å². The average molecular weight is 274 g/mol. The van der Waals surface area contributed by atoms with Crippen molar-refractivity contribution in [3.8, 4) is 0 Å². The molecule has 20 heavy (non-hydrogen) atoms. The molecule has 1 unspecified atom stereocenters. The summed E-state index contributed by atoms with van der Waals surface area (Å²) in [6, 6.07) is 8.12. The third-order valence-corrected chi connectivity index (χ3v) is 3.90. The SMILES string of the molecule is CO[C@H](C)C(C)/N=C\[C@@H]1Cc2ccccc2N1C(C)=O. The Morgan fingerprint density at radius 2 is 2.15 bits per heavy atom. The lowest BCUT2D eigenvalue weighted by Gasteiger charge is -2.22. The van der Waals surface area contributed by atoms with Crippen molar-refractivity contribution in [3.05, 3.63) is 29.8 Å². The van der Waals surface area contributed by atoms with E-state index in [-0.39, 0.29) is 24.1 Å². The number of carbonyl (C=O) groups excluding carboxylic acids is 1. The number of rotatable bonds is 4. The van der Waals surface area contributed by atoms with Gasteiger partial charge in [-0.2, -0.15) is 0 Å². The van der Waals surface area contributed by atoms with Gasteiger partial charge in [-0.1, -0.05) is 18.2 Å². The summed E-state index contributed by atoms with van der Waals surface area (Å²) in [5.41, 5.74) is 2.20. The molecule has 0 bridgehead atoms. The Bertz CT molecular complexity index is 513. The molecule has 0 aromatic heterocycles. The van der Waals surface area contributed by atoms with Gasteiger partial charge in [-0.15, -0.1) is 0 Å². The number of anilines is 1. The summed E-state index contributed by atoms with van der Waals surface area (Å²) in [4.78, 5) is 18.3. The second kappa shape index (κ2) is 6.18. The number of carbonyl (C=O) groups is 1. The van der Waals surface area contributed by atoms with E-state index in [1.54, 1.807) is 14.0 Å². The molecule has 0 saturated heterocycles. The fourth-order valence-corrected chi connectivity index (χ4v) is 2.49. The lowest BCUT2D eigenvalue weighted by Crippen LogP contribution is -2.37. The number of aliphatic imine (C=N–C) groups is 1. The third-order valence-electron chi connectivity index (χ3n) is 3.90. The van der Waals surface area contributed by atoms with Crippen molar-refractivity contribution in [1.29, 1.82) is 0 Å². The number of fused-ring (bicyclic) bond motifs is 1. The van der Waals surface area contributed by atoms with Crippen molar-refractivity contribution in [2.75, 3.05) is 12.0 Å². The summed E-state index contributed by atoms with van der Waals surface area (Å²) in [5, 5.41) is 0. The maximum Gasteiger partial charge on any atom is 0.224 e. The Balaban J connectivity index is 2.18. The molecule has 0 spiro atoms. The Labute approximate surface area is 120 Å². The van der Waals surface area contributed by atoms with E-state index in [9.17, 15) is 4.79 Å². The highest BCUT2D eigenvalue weighted by Gasteiger charge is 2.30. The minimum atomic E-state index is 0.0106. The Morgan fingerprint density at radius 3 is 2.80 bits per heavy atom. The topological polar surface area (TPSA) is 41.9 Å². The molecule has 1 aliphatic heterocycles. The maximum absolute atomic E-state index is 11.9. The molecule has 0 saturated carbocycles. The molecule has 0 radical (unpaired) electrons. The van der Waals surface area contributed by atoms with Crippen LogP contribution in [0.25, 0.3) is 0 Å². The van der Waals surface area contributed by atoms with Gasteiger partial charge in [0.25, 0.3) is 0 Å². The van der Waals surface area contributed by atoms with Crippen molar-refractivity contribution in [2.24, 2.45) is 4.99 Å². The molecular weight excluding hydrogens is 252 g/mol. The van der Waals surface area contributed by atoms with Crippen LogP contribution in [0, 0.1) is 0 Å². The van der Waals surface area contributed by atoms with Gasteiger partial charge in [0.1, 0.15) is 0 Å². The highest BCUT2D eigenvalue weighted by Crippen LogP contribution is 2.31. The van der Waals surface area contributed by atoms with Crippen LogP contribution in [-0.4, -0.2) is 37.4 Å². The van der Waals surface area contributed by atoms with E-state index in [0.717, 1.165) is 12.1 Å². The molecule has 108 valence electrons. The van der Waals surface area contributed by atoms with Gasteiger partial charge in [0.05, 0.1) is 18.2 Å². The molecule has 4 nitrogen and oxygen atoms in total. The van der Waals surface area contributed by atoms with Gasteiger partial charge >= 0.3 is 0 Å². The molecule has 0 N–H and O–H groups in total. The number of amides is 1. The largest absolute Gasteiger partial charge is 0.380 e. The van der Waals surface area contributed by atoms with Crippen LogP contribution in [0.4, 0.5) is 5.69 Å². The van der Waals surface area contributed by atoms with E-state index in [1.165, 1.54) is 5.56 Å². The molecule has 3 atom stereocenters. The van der Waals surface area contributed by atoms with Crippen LogP contribution in [0.5, 0.6) is 0 Å². The lowest BCUT2D eigenvalue weighted by molar-refractivity contribution is -0.116. The van der Waals surface area contributed by atoms with Crippen molar-refractivity contribution in [3.63, 3.8) is 0 Å². The minimum absolute atomic E-state index is 0.0106. The van der Waals surface area contributed by atoms with Gasteiger partial charge in [0.15, 0.2) is 0 Å². The Morgan fingerprint density at radius 1 is 1.45 bits per heavy atom. The van der Waals surface area contributed by atoms with Gasteiger partial charge in [-0.3, -0.25) is 9.79 Å². The monoisotopic (exact) mass is 274 g/mol. The molecule has 0 fully saturated rings. The predicted octanol–water partition coefficient (Wildman–Crippen LogP) is 2.46. The smallest absolute Gasteiger partial charge is 0.224 e. The normalized spacial score (nSPS) is 21.0. The van der Waals surface area contributed by atoms with Crippen LogP contribution in [0.2, 0.25) is 0 Å². The highest BCUT2D eigenvalue weighted by atomic mass is 16.5. The maximum atomic E-state index is 11.9. The van der Waals surface area contributed by atoms with Crippen LogP contribution < -0.4 is 4.90 Å². The molecular formula is C16H22N2O2. The van der Waals surface area contributed by atoms with Gasteiger partial charge < -0.3 is 9.64 Å². The average Bonchev–Trinajstić information content (AvgIpc) is 2.82. The second-order valence-electron chi connectivity index (χ2n) is 5.27. The number of ether oxygens (including phenoxy) is 1. The number of para-hydroxylation sites is 1. The van der Waals surface area contributed by atoms with E-state index < -0.39 is 0 Å². The third kappa shape index (κ3) is 2.90. The van der Waals surface area contributed by atoms with Crippen LogP contribution >= 0.6 is 0 Å². The molecule has 1 amide bonds. The van der Waals surface area contributed by atoms with Crippen LogP contribution in [-0.2, 0) is 16.0 Å². The van der Waals surface area contributed by atoms with Crippen LogP contribution in [0.15, 0.2) is 29.3 Å². The lowest BCUT2D eigenvalue weighted by atomic mass is 10.1. The van der Waals surface area contributed by atoms with E-state index in [2.05, 4.69) is 11.1 Å². The predicted molar refractivity (Wildman–Crippen MR) is 81.5 cm³/mol. The fourth-order valence-electron chi connectivity index (χ4n) is 2.49. The second-order valence-corrected chi connectivity index (χ2v) is 5.27. The summed E-state index contributed by atoms with van der Waals surface area (Å²) in [6.07, 6.45) is 2.79. The van der Waals surface area contributed by atoms with Crippen molar-refractivity contribution < 1.29 is 9.53 Å². The van der Waals surface area contributed by atoms with Gasteiger partial charge in [0, 0.05) is 32.4 Å². The standard InChI is InChI=1S/C16H22N2O2/c1-11(12(2)20-4)17-10-15-9-14-7-5-6-8-16(14)18(15)13(3)19/h5-8,10-12,15H,9H2,1-4H3/b17-10-/t11?,12-,15+/m1/s1. The fraction of sp³-hybridized carbons (Fsp3) is 0.500. The van der Waals surface area contributed by atoms with Crippen LogP contribution in [0.3, 0.4) is 0 Å². The quantitative estimate of drug-likeness (QED) is 0.791. The zero-order valence-corrected chi connectivity index (χ0v) is 12.5. The molecule has 1 aromatic carbocycles. The summed E-state index contributed by atoms with van der Waals surface area (Å²) < 4.78 is 5.27. The molecule has 0 aliphatic carbocycles. The molecule has 2 rings (SSSR count). The van der Waals surface area contributed by atoms with E-state index >= 15 is 0 Å². The number of hydrogen-bond donors (Lipinski definition) is 0.